The molecule has 0 unspecified atom stereocenters. The number of rotatable bonds is 2. The lowest BCUT2D eigenvalue weighted by Gasteiger charge is -2.36. The first-order chi connectivity index (χ1) is 12.2. The summed E-state index contributed by atoms with van der Waals surface area (Å²) in [5.74, 6) is -0.0765. The first kappa shape index (κ1) is 19.6. The summed E-state index contributed by atoms with van der Waals surface area (Å²) in [5.41, 5.74) is 0.888. The lowest BCUT2D eigenvalue weighted by atomic mass is 10.1. The van der Waals surface area contributed by atoms with Crippen LogP contribution in [-0.4, -0.2) is 66.5 Å². The van der Waals surface area contributed by atoms with Gasteiger partial charge in [-0.25, -0.2) is 9.59 Å². The molecule has 5 amide bonds. The van der Waals surface area contributed by atoms with E-state index >= 15 is 0 Å². The molecule has 1 saturated heterocycles. The average Bonchev–Trinajstić information content (AvgIpc) is 2.60. The lowest BCUT2D eigenvalue weighted by molar-refractivity contribution is 0.0661. The van der Waals surface area contributed by atoms with Gasteiger partial charge in [0, 0.05) is 50.0 Å². The molecule has 0 aromatic heterocycles. The number of amides is 5. The van der Waals surface area contributed by atoms with E-state index in [4.69, 9.17) is 0 Å². The Morgan fingerprint density at radius 1 is 0.923 bits per heavy atom. The van der Waals surface area contributed by atoms with Crippen LogP contribution in [0, 0.1) is 0 Å². The molecule has 1 fully saturated rings. The third-order valence-corrected chi connectivity index (χ3v) is 3.95. The molecule has 1 aromatic carbocycles. The monoisotopic (exact) mass is 361 g/mol. The third-order valence-electron chi connectivity index (χ3n) is 3.95. The Morgan fingerprint density at radius 2 is 1.46 bits per heavy atom. The second-order valence-electron chi connectivity index (χ2n) is 7.24. The van der Waals surface area contributed by atoms with Gasteiger partial charge < -0.3 is 25.8 Å². The molecule has 1 aromatic rings. The smallest absolute Gasteiger partial charge is 0.318 e. The van der Waals surface area contributed by atoms with E-state index in [1.165, 1.54) is 7.05 Å². The van der Waals surface area contributed by atoms with Gasteiger partial charge in [-0.1, -0.05) is 0 Å². The molecule has 0 saturated carbocycles. The van der Waals surface area contributed by atoms with Gasteiger partial charge in [0.1, 0.15) is 0 Å². The number of carbonyl (C=O) groups excluding carboxylic acids is 3. The largest absolute Gasteiger partial charge is 0.341 e. The maximum absolute atomic E-state index is 12.6. The van der Waals surface area contributed by atoms with Crippen molar-refractivity contribution in [3.05, 3.63) is 29.8 Å². The predicted octanol–water partition coefficient (Wildman–Crippen LogP) is 1.70. The van der Waals surface area contributed by atoms with E-state index in [9.17, 15) is 14.4 Å². The third kappa shape index (κ3) is 5.37. The van der Waals surface area contributed by atoms with Crippen LogP contribution in [0.2, 0.25) is 0 Å². The summed E-state index contributed by atoms with van der Waals surface area (Å²) < 4.78 is 0. The molecule has 1 aliphatic rings. The fourth-order valence-electron chi connectivity index (χ4n) is 2.58. The van der Waals surface area contributed by atoms with Crippen LogP contribution in [0.5, 0.6) is 0 Å². The SMILES string of the molecule is CNC(=O)Nc1ccc(C(=O)N2CCN(C(=O)NC(C)(C)C)CC2)cc1. The Kier molecular flexibility index (Phi) is 6.07. The molecule has 0 aliphatic carbocycles. The van der Waals surface area contributed by atoms with Gasteiger partial charge >= 0.3 is 12.1 Å². The van der Waals surface area contributed by atoms with E-state index in [0.29, 0.717) is 37.4 Å². The zero-order chi connectivity index (χ0) is 19.3. The van der Waals surface area contributed by atoms with Crippen molar-refractivity contribution in [3.63, 3.8) is 0 Å². The molecule has 3 N–H and O–H groups in total. The van der Waals surface area contributed by atoms with Crippen molar-refractivity contribution in [1.29, 1.82) is 0 Å². The minimum absolute atomic E-state index is 0.0765. The topological polar surface area (TPSA) is 93.8 Å². The van der Waals surface area contributed by atoms with E-state index in [1.54, 1.807) is 34.1 Å². The second kappa shape index (κ2) is 8.07. The fourth-order valence-corrected chi connectivity index (χ4v) is 2.58. The van der Waals surface area contributed by atoms with Gasteiger partial charge in [0.25, 0.3) is 5.91 Å². The van der Waals surface area contributed by atoms with Crippen molar-refractivity contribution in [2.45, 2.75) is 26.3 Å². The number of nitrogens with zero attached hydrogens (tertiary/aromatic N) is 2. The van der Waals surface area contributed by atoms with Crippen LogP contribution in [0.1, 0.15) is 31.1 Å². The first-order valence-corrected chi connectivity index (χ1v) is 8.65. The molecule has 26 heavy (non-hydrogen) atoms. The Morgan fingerprint density at radius 3 is 1.96 bits per heavy atom. The van der Waals surface area contributed by atoms with Crippen LogP contribution >= 0.6 is 0 Å². The van der Waals surface area contributed by atoms with Crippen molar-refractivity contribution in [1.82, 2.24) is 20.4 Å². The van der Waals surface area contributed by atoms with E-state index in [1.807, 2.05) is 20.8 Å². The van der Waals surface area contributed by atoms with Crippen molar-refractivity contribution in [2.75, 3.05) is 38.5 Å². The molecule has 1 heterocycles. The number of hydrogen-bond donors (Lipinski definition) is 3. The van der Waals surface area contributed by atoms with Gasteiger partial charge in [0.2, 0.25) is 0 Å². The quantitative estimate of drug-likeness (QED) is 0.748. The summed E-state index contributed by atoms with van der Waals surface area (Å²) in [5, 5.41) is 8.05. The van der Waals surface area contributed by atoms with Gasteiger partial charge in [-0.3, -0.25) is 4.79 Å². The van der Waals surface area contributed by atoms with E-state index in [-0.39, 0.29) is 23.5 Å². The molecular formula is C18H27N5O3. The van der Waals surface area contributed by atoms with Crippen molar-refractivity contribution >= 4 is 23.7 Å². The predicted molar refractivity (Wildman–Crippen MR) is 100 cm³/mol. The minimum Gasteiger partial charge on any atom is -0.341 e. The highest BCUT2D eigenvalue weighted by molar-refractivity contribution is 5.95. The van der Waals surface area contributed by atoms with Gasteiger partial charge in [-0.15, -0.1) is 0 Å². The Labute approximate surface area is 153 Å². The fraction of sp³-hybridized carbons (Fsp3) is 0.500. The van der Waals surface area contributed by atoms with Crippen LogP contribution in [-0.2, 0) is 0 Å². The summed E-state index contributed by atoms with van der Waals surface area (Å²) in [7, 11) is 1.54. The van der Waals surface area contributed by atoms with Crippen LogP contribution in [0.15, 0.2) is 24.3 Å². The average molecular weight is 361 g/mol. The molecule has 8 nitrogen and oxygen atoms in total. The van der Waals surface area contributed by atoms with Gasteiger partial charge in [0.05, 0.1) is 0 Å². The Hall–Kier alpha value is -2.77. The number of piperazine rings is 1. The molecule has 0 atom stereocenters. The Bertz CT molecular complexity index is 658. The molecular weight excluding hydrogens is 334 g/mol. The normalized spacial score (nSPS) is 14.6. The second-order valence-corrected chi connectivity index (χ2v) is 7.24. The van der Waals surface area contributed by atoms with Crippen molar-refractivity contribution < 1.29 is 14.4 Å². The molecule has 0 spiro atoms. The van der Waals surface area contributed by atoms with Crippen molar-refractivity contribution in [3.8, 4) is 0 Å². The van der Waals surface area contributed by atoms with E-state index in [0.717, 1.165) is 0 Å². The number of nitrogens with one attached hydrogen (secondary N) is 3. The molecule has 142 valence electrons. The van der Waals surface area contributed by atoms with E-state index in [2.05, 4.69) is 16.0 Å². The van der Waals surface area contributed by atoms with Crippen LogP contribution in [0.25, 0.3) is 0 Å². The molecule has 0 bridgehead atoms. The number of carbonyl (C=O) groups is 3. The number of benzene rings is 1. The van der Waals surface area contributed by atoms with Gasteiger partial charge in [-0.2, -0.15) is 0 Å². The Balaban J connectivity index is 1.90. The van der Waals surface area contributed by atoms with Crippen molar-refractivity contribution in [2.24, 2.45) is 0 Å². The van der Waals surface area contributed by atoms with E-state index < -0.39 is 0 Å². The maximum atomic E-state index is 12.6. The lowest BCUT2D eigenvalue weighted by Crippen LogP contribution is -2.56. The summed E-state index contributed by atoms with van der Waals surface area (Å²) in [4.78, 5) is 39.5. The van der Waals surface area contributed by atoms with Crippen LogP contribution in [0.4, 0.5) is 15.3 Å². The first-order valence-electron chi connectivity index (χ1n) is 8.65. The zero-order valence-corrected chi connectivity index (χ0v) is 15.8. The number of urea groups is 2. The number of anilines is 1. The summed E-state index contributed by atoms with van der Waals surface area (Å²) in [6, 6.07) is 6.34. The minimum atomic E-state index is -0.311. The maximum Gasteiger partial charge on any atom is 0.318 e. The highest BCUT2D eigenvalue weighted by Crippen LogP contribution is 2.13. The molecule has 1 aliphatic heterocycles. The highest BCUT2D eigenvalue weighted by atomic mass is 16.2. The summed E-state index contributed by atoms with van der Waals surface area (Å²) in [6.45, 7) is 7.81. The number of hydrogen-bond acceptors (Lipinski definition) is 3. The molecule has 2 rings (SSSR count). The standard InChI is InChI=1S/C18H27N5O3/c1-18(2,3)21-17(26)23-11-9-22(10-12-23)15(24)13-5-7-14(8-6-13)20-16(25)19-4/h5-8H,9-12H2,1-4H3,(H,21,26)(H2,19,20,25). The summed E-state index contributed by atoms with van der Waals surface area (Å²) in [6.07, 6.45) is 0. The summed E-state index contributed by atoms with van der Waals surface area (Å²) >= 11 is 0. The zero-order valence-electron chi connectivity index (χ0n) is 15.8. The van der Waals surface area contributed by atoms with Crippen LogP contribution in [0.3, 0.4) is 0 Å². The van der Waals surface area contributed by atoms with Crippen LogP contribution < -0.4 is 16.0 Å². The highest BCUT2D eigenvalue weighted by Gasteiger charge is 2.26. The molecule has 0 radical (unpaired) electrons. The molecule has 8 heteroatoms. The van der Waals surface area contributed by atoms with Gasteiger partial charge in [-0.05, 0) is 45.0 Å². The van der Waals surface area contributed by atoms with Gasteiger partial charge in [0.15, 0.2) is 0 Å².